The van der Waals surface area contributed by atoms with Gasteiger partial charge in [-0.05, 0) is 20.8 Å². The predicted molar refractivity (Wildman–Crippen MR) is 56.8 cm³/mol. The van der Waals surface area contributed by atoms with Gasteiger partial charge in [-0.2, -0.15) is 0 Å². The molecule has 0 aromatic heterocycles. The van der Waals surface area contributed by atoms with Gasteiger partial charge in [0.05, 0.1) is 11.8 Å². The number of carbonyl (C=O) groups is 2. The fraction of sp³-hybridized carbons (Fsp3) is 0.600. The van der Waals surface area contributed by atoms with Gasteiger partial charge >= 0.3 is 5.97 Å². The largest absolute Gasteiger partial charge is 0.455 e. The molecule has 5 heteroatoms. The van der Waals surface area contributed by atoms with E-state index < -0.39 is 11.6 Å². The Balaban J connectivity index is 2.06. The summed E-state index contributed by atoms with van der Waals surface area (Å²) in [7, 11) is 0. The molecule has 0 unspecified atom stereocenters. The third kappa shape index (κ3) is 1.88. The summed E-state index contributed by atoms with van der Waals surface area (Å²) in [6.07, 6.45) is 0.521. The molecule has 0 aromatic rings. The van der Waals surface area contributed by atoms with Crippen molar-refractivity contribution in [2.45, 2.75) is 38.2 Å². The van der Waals surface area contributed by atoms with E-state index in [2.05, 4.69) is 0 Å². The molecule has 0 saturated carbocycles. The summed E-state index contributed by atoms with van der Waals surface area (Å²) in [6, 6.07) is 0. The van der Waals surface area contributed by atoms with Gasteiger partial charge < -0.3 is 4.74 Å². The monoisotopic (exact) mass is 227 g/mol. The van der Waals surface area contributed by atoms with Gasteiger partial charge in [-0.15, -0.1) is 11.8 Å². The van der Waals surface area contributed by atoms with Crippen LogP contribution in [0.1, 0.15) is 27.2 Å². The van der Waals surface area contributed by atoms with E-state index in [1.54, 1.807) is 5.41 Å². The number of carbonyl (C=O) groups excluding carboxylic acids is 2. The average Bonchev–Trinajstić information content (AvgIpc) is 2.38. The van der Waals surface area contributed by atoms with Crippen molar-refractivity contribution in [3.05, 3.63) is 11.1 Å². The van der Waals surface area contributed by atoms with Crippen molar-refractivity contribution in [1.29, 1.82) is 0 Å². The number of β-lactam (4-membered cyclic amide) rings is 1. The van der Waals surface area contributed by atoms with Crippen molar-refractivity contribution in [2.75, 3.05) is 0 Å². The third-order valence-electron chi connectivity index (χ3n) is 2.11. The number of hydrogen-bond donors (Lipinski definition) is 0. The van der Waals surface area contributed by atoms with Crippen LogP contribution in [-0.2, 0) is 14.3 Å². The Hall–Kier alpha value is -0.970. The standard InChI is InChI=1S/C10H13NO3S/c1-10(2,3)14-9(13)6-5-15-8-4-7(12)11(6)8/h5,8H,4H2,1-3H3/t8-/m0/s1. The van der Waals surface area contributed by atoms with Crippen LogP contribution < -0.4 is 0 Å². The van der Waals surface area contributed by atoms with Gasteiger partial charge in [0.2, 0.25) is 5.91 Å². The number of amides is 1. The molecular weight excluding hydrogens is 214 g/mol. The van der Waals surface area contributed by atoms with Gasteiger partial charge in [-0.3, -0.25) is 9.69 Å². The minimum Gasteiger partial charge on any atom is -0.455 e. The van der Waals surface area contributed by atoms with Crippen LogP contribution in [0.3, 0.4) is 0 Å². The van der Waals surface area contributed by atoms with Crippen LogP contribution in [0.15, 0.2) is 11.1 Å². The van der Waals surface area contributed by atoms with Gasteiger partial charge in [0.15, 0.2) is 0 Å². The smallest absolute Gasteiger partial charge is 0.356 e. The number of thioether (sulfide) groups is 1. The van der Waals surface area contributed by atoms with E-state index in [0.29, 0.717) is 12.1 Å². The van der Waals surface area contributed by atoms with Crippen molar-refractivity contribution in [3.8, 4) is 0 Å². The van der Waals surface area contributed by atoms with Crippen LogP contribution in [0.5, 0.6) is 0 Å². The molecule has 1 atom stereocenters. The van der Waals surface area contributed by atoms with Gasteiger partial charge in [0.1, 0.15) is 11.3 Å². The zero-order chi connectivity index (χ0) is 11.2. The number of nitrogens with zero attached hydrogens (tertiary/aromatic N) is 1. The van der Waals surface area contributed by atoms with E-state index in [4.69, 9.17) is 4.74 Å². The molecule has 4 nitrogen and oxygen atoms in total. The van der Waals surface area contributed by atoms with Gasteiger partial charge in [0.25, 0.3) is 0 Å². The van der Waals surface area contributed by atoms with Crippen molar-refractivity contribution >= 4 is 23.6 Å². The minimum atomic E-state index is -0.519. The van der Waals surface area contributed by atoms with Crippen LogP contribution in [0.2, 0.25) is 0 Å². The minimum absolute atomic E-state index is 0.00195. The maximum absolute atomic E-state index is 11.7. The molecule has 0 radical (unpaired) electrons. The lowest BCUT2D eigenvalue weighted by Gasteiger charge is -2.35. The lowest BCUT2D eigenvalue weighted by molar-refractivity contribution is -0.156. The summed E-state index contributed by atoms with van der Waals surface area (Å²) in [5, 5.41) is 1.84. The molecule has 0 aromatic carbocycles. The van der Waals surface area contributed by atoms with Crippen LogP contribution in [0, 0.1) is 0 Å². The molecular formula is C10H13NO3S. The Morgan fingerprint density at radius 2 is 2.27 bits per heavy atom. The summed E-state index contributed by atoms with van der Waals surface area (Å²) >= 11 is 1.50. The molecule has 2 aliphatic heterocycles. The quantitative estimate of drug-likeness (QED) is 0.503. The first-order valence-electron chi connectivity index (χ1n) is 4.79. The van der Waals surface area contributed by atoms with Crippen LogP contribution in [0.4, 0.5) is 0 Å². The number of fused-ring (bicyclic) bond motifs is 1. The van der Waals surface area contributed by atoms with E-state index in [1.165, 1.54) is 16.7 Å². The Morgan fingerprint density at radius 1 is 1.60 bits per heavy atom. The summed E-state index contributed by atoms with van der Waals surface area (Å²) in [6.45, 7) is 5.43. The highest BCUT2D eigenvalue weighted by Crippen LogP contribution is 2.41. The summed E-state index contributed by atoms with van der Waals surface area (Å²) in [4.78, 5) is 24.5. The normalized spacial score (nSPS) is 24.5. The van der Waals surface area contributed by atoms with Crippen molar-refractivity contribution in [3.63, 3.8) is 0 Å². The van der Waals surface area contributed by atoms with Crippen molar-refractivity contribution in [1.82, 2.24) is 4.90 Å². The summed E-state index contributed by atoms with van der Waals surface area (Å²) < 4.78 is 5.21. The molecule has 0 N–H and O–H groups in total. The molecule has 0 spiro atoms. The van der Waals surface area contributed by atoms with Gasteiger partial charge in [0, 0.05) is 5.41 Å². The first-order chi connectivity index (χ1) is 6.88. The van der Waals surface area contributed by atoms with E-state index >= 15 is 0 Å². The average molecular weight is 227 g/mol. The predicted octanol–water partition coefficient (Wildman–Crippen LogP) is 1.47. The fourth-order valence-electron chi connectivity index (χ4n) is 1.46. The Bertz CT molecular complexity index is 356. The Labute approximate surface area is 92.6 Å². The second-order valence-corrected chi connectivity index (χ2v) is 5.62. The van der Waals surface area contributed by atoms with Crippen LogP contribution in [0.25, 0.3) is 0 Å². The van der Waals surface area contributed by atoms with Crippen molar-refractivity contribution < 1.29 is 14.3 Å². The Morgan fingerprint density at radius 3 is 2.80 bits per heavy atom. The molecule has 0 aliphatic carbocycles. The zero-order valence-corrected chi connectivity index (χ0v) is 9.76. The lowest BCUT2D eigenvalue weighted by Crippen LogP contribution is -2.49. The first kappa shape index (κ1) is 10.5. The topological polar surface area (TPSA) is 46.6 Å². The molecule has 0 bridgehead atoms. The second-order valence-electron chi connectivity index (χ2n) is 4.56. The van der Waals surface area contributed by atoms with E-state index in [9.17, 15) is 9.59 Å². The van der Waals surface area contributed by atoms with Gasteiger partial charge in [-0.1, -0.05) is 0 Å². The molecule has 1 amide bonds. The third-order valence-corrected chi connectivity index (χ3v) is 3.16. The molecule has 2 aliphatic rings. The zero-order valence-electron chi connectivity index (χ0n) is 8.94. The number of esters is 1. The SMILES string of the molecule is CC(C)(C)OC(=O)C1=CS[C@H]2CC(=O)N12. The van der Waals surface area contributed by atoms with E-state index in [0.717, 1.165) is 0 Å². The molecule has 82 valence electrons. The highest BCUT2D eigenvalue weighted by atomic mass is 32.2. The van der Waals surface area contributed by atoms with E-state index in [-0.39, 0.29) is 11.3 Å². The number of hydrogen-bond acceptors (Lipinski definition) is 4. The Kier molecular flexibility index (Phi) is 2.30. The number of ether oxygens (including phenoxy) is 1. The van der Waals surface area contributed by atoms with Crippen molar-refractivity contribution in [2.24, 2.45) is 0 Å². The van der Waals surface area contributed by atoms with Gasteiger partial charge in [-0.25, -0.2) is 4.79 Å². The lowest BCUT2D eigenvalue weighted by atomic mass is 10.1. The van der Waals surface area contributed by atoms with Crippen LogP contribution >= 0.6 is 11.8 Å². The second kappa shape index (κ2) is 3.27. The highest BCUT2D eigenvalue weighted by molar-refractivity contribution is 8.03. The van der Waals surface area contributed by atoms with E-state index in [1.807, 2.05) is 20.8 Å². The summed E-state index contributed by atoms with van der Waals surface area (Å²) in [5.41, 5.74) is -0.134. The molecule has 2 heterocycles. The van der Waals surface area contributed by atoms with Crippen LogP contribution in [-0.4, -0.2) is 27.8 Å². The maximum Gasteiger partial charge on any atom is 0.356 e. The number of rotatable bonds is 1. The molecule has 1 fully saturated rings. The molecule has 1 saturated heterocycles. The maximum atomic E-state index is 11.7. The highest BCUT2D eigenvalue weighted by Gasteiger charge is 2.45. The summed E-state index contributed by atoms with van der Waals surface area (Å²) in [5.74, 6) is -0.410. The molecule has 2 rings (SSSR count). The molecule has 15 heavy (non-hydrogen) atoms. The fourth-order valence-corrected chi connectivity index (χ4v) is 2.55. The first-order valence-corrected chi connectivity index (χ1v) is 5.74.